The number of fused-ring (bicyclic) bond motifs is 3. The van der Waals surface area contributed by atoms with E-state index in [0.717, 1.165) is 18.7 Å². The van der Waals surface area contributed by atoms with Gasteiger partial charge in [-0.2, -0.15) is 0 Å². The lowest BCUT2D eigenvalue weighted by atomic mass is 9.77. The minimum atomic E-state index is -0.412. The highest BCUT2D eigenvalue weighted by atomic mass is 16.6. The summed E-state index contributed by atoms with van der Waals surface area (Å²) in [5.74, 6) is 1.05. The molecule has 0 bridgehead atoms. The Bertz CT molecular complexity index is 893. The summed E-state index contributed by atoms with van der Waals surface area (Å²) in [7, 11) is 1.67. The number of non-ortho nitro benzene ring substituents is 1. The van der Waals surface area contributed by atoms with Gasteiger partial charge in [-0.1, -0.05) is 13.8 Å². The predicted octanol–water partition coefficient (Wildman–Crippen LogP) is 3.96. The predicted molar refractivity (Wildman–Crippen MR) is 99.3 cm³/mol. The molecule has 0 aliphatic carbocycles. The molecule has 6 heteroatoms. The number of hydrogen-bond acceptors (Lipinski definition) is 5. The maximum absolute atomic E-state index is 11.1. The summed E-state index contributed by atoms with van der Waals surface area (Å²) in [6.07, 6.45) is 0.846. The molecule has 2 aliphatic heterocycles. The van der Waals surface area contributed by atoms with E-state index in [2.05, 4.69) is 30.9 Å². The molecule has 1 fully saturated rings. The highest BCUT2D eigenvalue weighted by molar-refractivity contribution is 5.67. The second-order valence-electron chi connectivity index (χ2n) is 7.71. The summed E-state index contributed by atoms with van der Waals surface area (Å²) in [6.45, 7) is 5.19. The van der Waals surface area contributed by atoms with Gasteiger partial charge in [-0.3, -0.25) is 10.1 Å². The number of benzene rings is 2. The molecule has 2 aromatic rings. The number of phenolic OH excluding ortho intramolecular Hbond substituents is 1. The van der Waals surface area contributed by atoms with Gasteiger partial charge in [-0.15, -0.1) is 0 Å². The normalized spacial score (nSPS) is 22.8. The number of anilines is 1. The van der Waals surface area contributed by atoms with Crippen LogP contribution in [0, 0.1) is 10.1 Å². The third kappa shape index (κ3) is 2.32. The lowest BCUT2D eigenvalue weighted by Gasteiger charge is -2.28. The second kappa shape index (κ2) is 5.62. The molecule has 6 nitrogen and oxygen atoms in total. The summed E-state index contributed by atoms with van der Waals surface area (Å²) >= 11 is 0. The maximum atomic E-state index is 11.1. The van der Waals surface area contributed by atoms with Crippen molar-refractivity contribution in [1.29, 1.82) is 0 Å². The molecule has 0 spiro atoms. The first-order chi connectivity index (χ1) is 12.3. The Hall–Kier alpha value is -2.76. The first-order valence-electron chi connectivity index (χ1n) is 8.75. The van der Waals surface area contributed by atoms with Crippen LogP contribution in [-0.4, -0.2) is 29.7 Å². The third-order valence-electron chi connectivity index (χ3n) is 6.00. The molecule has 2 aromatic carbocycles. The van der Waals surface area contributed by atoms with Gasteiger partial charge < -0.3 is 14.7 Å². The van der Waals surface area contributed by atoms with Crippen LogP contribution >= 0.6 is 0 Å². The largest absolute Gasteiger partial charge is 0.508 e. The van der Waals surface area contributed by atoms with Gasteiger partial charge in [-0.25, -0.2) is 0 Å². The van der Waals surface area contributed by atoms with Crippen molar-refractivity contribution in [3.8, 4) is 11.5 Å². The molecule has 2 atom stereocenters. The molecule has 136 valence electrons. The van der Waals surface area contributed by atoms with Crippen LogP contribution in [0.4, 0.5) is 11.4 Å². The Morgan fingerprint density at radius 2 is 2.04 bits per heavy atom. The summed E-state index contributed by atoms with van der Waals surface area (Å²) in [5, 5.41) is 21.4. The van der Waals surface area contributed by atoms with Crippen LogP contribution < -0.4 is 9.64 Å². The average Bonchev–Trinajstić information content (AvgIpc) is 3.14. The molecular weight excluding hydrogens is 332 g/mol. The minimum Gasteiger partial charge on any atom is -0.508 e. The van der Waals surface area contributed by atoms with Crippen molar-refractivity contribution in [3.63, 3.8) is 0 Å². The number of hydrogen-bond donors (Lipinski definition) is 1. The fourth-order valence-corrected chi connectivity index (χ4v) is 4.58. The van der Waals surface area contributed by atoms with Crippen molar-refractivity contribution in [2.24, 2.45) is 0 Å². The van der Waals surface area contributed by atoms with E-state index in [1.165, 1.54) is 29.4 Å². The molecule has 1 N–H and O–H groups in total. The van der Waals surface area contributed by atoms with E-state index in [0.29, 0.717) is 5.56 Å². The van der Waals surface area contributed by atoms with Crippen LogP contribution in [0.1, 0.15) is 37.3 Å². The zero-order valence-electron chi connectivity index (χ0n) is 15.1. The Balaban J connectivity index is 1.71. The number of ether oxygens (including phenoxy) is 1. The van der Waals surface area contributed by atoms with E-state index in [9.17, 15) is 15.2 Å². The van der Waals surface area contributed by atoms with Crippen molar-refractivity contribution in [1.82, 2.24) is 0 Å². The Kier molecular flexibility index (Phi) is 3.61. The molecule has 2 heterocycles. The van der Waals surface area contributed by atoms with E-state index < -0.39 is 4.92 Å². The number of aromatic hydroxyl groups is 1. The molecule has 1 unspecified atom stereocenters. The minimum absolute atomic E-state index is 0.0225. The van der Waals surface area contributed by atoms with Crippen LogP contribution in [0.2, 0.25) is 0 Å². The number of rotatable bonds is 3. The van der Waals surface area contributed by atoms with E-state index in [4.69, 9.17) is 4.74 Å². The van der Waals surface area contributed by atoms with Crippen molar-refractivity contribution in [2.45, 2.75) is 37.6 Å². The molecule has 1 saturated heterocycles. The third-order valence-corrected chi connectivity index (χ3v) is 6.00. The smallest absolute Gasteiger partial charge is 0.269 e. The quantitative estimate of drug-likeness (QED) is 0.667. The second-order valence-corrected chi connectivity index (χ2v) is 7.71. The van der Waals surface area contributed by atoms with Crippen molar-refractivity contribution in [3.05, 3.63) is 57.6 Å². The number of phenols is 1. The fraction of sp³-hybridized carbons (Fsp3) is 0.400. The van der Waals surface area contributed by atoms with Crippen LogP contribution in [-0.2, 0) is 5.41 Å². The van der Waals surface area contributed by atoms with Gasteiger partial charge in [0.2, 0.25) is 0 Å². The number of nitro groups is 1. The monoisotopic (exact) mass is 354 g/mol. The average molecular weight is 354 g/mol. The summed E-state index contributed by atoms with van der Waals surface area (Å²) in [5.41, 5.74) is 3.08. The lowest BCUT2D eigenvalue weighted by molar-refractivity contribution is -0.385. The topological polar surface area (TPSA) is 75.8 Å². The molecule has 0 amide bonds. The number of methoxy groups -OCH3 is 1. The molecule has 4 rings (SSSR count). The SMILES string of the molecule is COc1ccc2c(c1)C(C)(C)C1C[C@H](c3cc([N+](=O)[O-])ccc3O)CN21. The molecule has 0 aromatic heterocycles. The van der Waals surface area contributed by atoms with Gasteiger partial charge in [0.05, 0.1) is 12.0 Å². The van der Waals surface area contributed by atoms with E-state index in [1.807, 2.05) is 6.07 Å². The Labute approximate surface area is 152 Å². The summed E-state index contributed by atoms with van der Waals surface area (Å²) < 4.78 is 5.38. The van der Waals surface area contributed by atoms with Gasteiger partial charge in [-0.05, 0) is 36.2 Å². The van der Waals surface area contributed by atoms with Gasteiger partial charge in [0.25, 0.3) is 5.69 Å². The van der Waals surface area contributed by atoms with E-state index in [1.54, 1.807) is 7.11 Å². The zero-order valence-corrected chi connectivity index (χ0v) is 15.1. The van der Waals surface area contributed by atoms with Crippen LogP contribution in [0.25, 0.3) is 0 Å². The van der Waals surface area contributed by atoms with Crippen molar-refractivity contribution >= 4 is 11.4 Å². The van der Waals surface area contributed by atoms with Gasteiger partial charge >= 0.3 is 0 Å². The van der Waals surface area contributed by atoms with Crippen LogP contribution in [0.3, 0.4) is 0 Å². The standard InChI is InChI=1S/C20H22N2O4/c1-20(2)16-10-14(26-3)5-6-17(16)21-11-12(8-19(20)21)15-9-13(22(24)25)4-7-18(15)23/h4-7,9-10,12,19,23H,8,11H2,1-3H3/t12-,19?/m0/s1. The molecule has 2 aliphatic rings. The highest BCUT2D eigenvalue weighted by Gasteiger charge is 2.50. The molecular formula is C20H22N2O4. The Morgan fingerprint density at radius 3 is 2.73 bits per heavy atom. The first kappa shape index (κ1) is 16.7. The highest BCUT2D eigenvalue weighted by Crippen LogP contribution is 2.53. The maximum Gasteiger partial charge on any atom is 0.269 e. The van der Waals surface area contributed by atoms with E-state index in [-0.39, 0.29) is 28.8 Å². The molecule has 0 radical (unpaired) electrons. The lowest BCUT2D eigenvalue weighted by Crippen LogP contribution is -2.36. The number of nitrogens with zero attached hydrogens (tertiary/aromatic N) is 2. The van der Waals surface area contributed by atoms with Crippen LogP contribution in [0.5, 0.6) is 11.5 Å². The van der Waals surface area contributed by atoms with Crippen molar-refractivity contribution in [2.75, 3.05) is 18.6 Å². The fourth-order valence-electron chi connectivity index (χ4n) is 4.58. The summed E-state index contributed by atoms with van der Waals surface area (Å²) in [6, 6.07) is 10.7. The summed E-state index contributed by atoms with van der Waals surface area (Å²) in [4.78, 5) is 13.1. The van der Waals surface area contributed by atoms with Crippen LogP contribution in [0.15, 0.2) is 36.4 Å². The van der Waals surface area contributed by atoms with Gasteiger partial charge in [0.1, 0.15) is 11.5 Å². The van der Waals surface area contributed by atoms with Gasteiger partial charge in [0.15, 0.2) is 0 Å². The van der Waals surface area contributed by atoms with Gasteiger partial charge in [0, 0.05) is 47.3 Å². The molecule has 26 heavy (non-hydrogen) atoms. The zero-order chi connectivity index (χ0) is 18.6. The first-order valence-corrected chi connectivity index (χ1v) is 8.75. The molecule has 0 saturated carbocycles. The van der Waals surface area contributed by atoms with E-state index >= 15 is 0 Å². The van der Waals surface area contributed by atoms with Crippen molar-refractivity contribution < 1.29 is 14.8 Å². The number of nitro benzene ring substituents is 1. The Morgan fingerprint density at radius 1 is 1.27 bits per heavy atom.